The minimum Gasteiger partial charge on any atom is -0.457 e. The van der Waals surface area contributed by atoms with E-state index >= 15 is 0 Å². The SMILES string of the molecule is Cn1cc(COC(=O)c2cccc(-n3cccc3)c2)cc1C#N. The van der Waals surface area contributed by atoms with Crippen molar-refractivity contribution in [2.24, 2.45) is 7.05 Å². The lowest BCUT2D eigenvalue weighted by atomic mass is 10.2. The van der Waals surface area contributed by atoms with Gasteiger partial charge >= 0.3 is 5.97 Å². The lowest BCUT2D eigenvalue weighted by Crippen LogP contribution is -2.05. The van der Waals surface area contributed by atoms with Crippen molar-refractivity contribution in [1.82, 2.24) is 9.13 Å². The molecule has 0 aliphatic carbocycles. The standard InChI is InChI=1S/C18H15N3O2/c1-20-12-14(9-17(20)11-19)13-23-18(22)15-5-4-6-16(10-15)21-7-2-3-8-21/h2-10,12H,13H2,1H3. The van der Waals surface area contributed by atoms with E-state index < -0.39 is 0 Å². The van der Waals surface area contributed by atoms with E-state index in [0.717, 1.165) is 11.3 Å². The molecule has 114 valence electrons. The van der Waals surface area contributed by atoms with Crippen molar-refractivity contribution >= 4 is 5.97 Å². The molecule has 1 aromatic carbocycles. The number of nitrogens with zero attached hydrogens (tertiary/aromatic N) is 3. The second-order valence-electron chi connectivity index (χ2n) is 5.17. The molecule has 0 N–H and O–H groups in total. The number of rotatable bonds is 4. The van der Waals surface area contributed by atoms with Gasteiger partial charge in [-0.1, -0.05) is 6.07 Å². The number of aromatic nitrogens is 2. The first-order valence-electron chi connectivity index (χ1n) is 7.13. The van der Waals surface area contributed by atoms with Gasteiger partial charge in [0.25, 0.3) is 0 Å². The Morgan fingerprint density at radius 2 is 2.00 bits per heavy atom. The molecule has 3 aromatic rings. The van der Waals surface area contributed by atoms with Crippen LogP contribution in [0.2, 0.25) is 0 Å². The average molecular weight is 305 g/mol. The first-order chi connectivity index (χ1) is 11.2. The summed E-state index contributed by atoms with van der Waals surface area (Å²) >= 11 is 0. The molecule has 2 heterocycles. The minimum atomic E-state index is -0.388. The molecule has 5 heteroatoms. The molecule has 0 saturated carbocycles. The predicted molar refractivity (Wildman–Crippen MR) is 85.0 cm³/mol. The van der Waals surface area contributed by atoms with Crippen molar-refractivity contribution in [3.05, 3.63) is 77.9 Å². The zero-order chi connectivity index (χ0) is 16.2. The van der Waals surface area contributed by atoms with Crippen molar-refractivity contribution in [3.8, 4) is 11.8 Å². The molecule has 0 atom stereocenters. The van der Waals surface area contributed by atoms with Crippen molar-refractivity contribution in [1.29, 1.82) is 5.26 Å². The fraction of sp³-hybridized carbons (Fsp3) is 0.111. The van der Waals surface area contributed by atoms with Gasteiger partial charge in [0.2, 0.25) is 0 Å². The zero-order valence-corrected chi connectivity index (χ0v) is 12.6. The summed E-state index contributed by atoms with van der Waals surface area (Å²) in [5.41, 5.74) is 2.72. The van der Waals surface area contributed by atoms with Gasteiger partial charge in [-0.05, 0) is 36.4 Å². The maximum atomic E-state index is 12.2. The third-order valence-electron chi connectivity index (χ3n) is 3.53. The minimum absolute atomic E-state index is 0.141. The molecule has 0 radical (unpaired) electrons. The molecule has 23 heavy (non-hydrogen) atoms. The first kappa shape index (κ1) is 14.7. The van der Waals surface area contributed by atoms with E-state index in [1.54, 1.807) is 36.0 Å². The number of ether oxygens (including phenoxy) is 1. The van der Waals surface area contributed by atoms with E-state index in [4.69, 9.17) is 10.00 Å². The number of benzene rings is 1. The molecule has 0 unspecified atom stereocenters. The van der Waals surface area contributed by atoms with E-state index in [9.17, 15) is 4.79 Å². The zero-order valence-electron chi connectivity index (χ0n) is 12.6. The average Bonchev–Trinajstić information content (AvgIpc) is 3.22. The van der Waals surface area contributed by atoms with Crippen LogP contribution < -0.4 is 0 Å². The second-order valence-corrected chi connectivity index (χ2v) is 5.17. The molecule has 0 fully saturated rings. The maximum absolute atomic E-state index is 12.2. The highest BCUT2D eigenvalue weighted by atomic mass is 16.5. The van der Waals surface area contributed by atoms with E-state index in [1.165, 1.54) is 0 Å². The van der Waals surface area contributed by atoms with Gasteiger partial charge in [0.1, 0.15) is 18.4 Å². The fourth-order valence-corrected chi connectivity index (χ4v) is 2.36. The topological polar surface area (TPSA) is 59.9 Å². The smallest absolute Gasteiger partial charge is 0.338 e. The number of carbonyl (C=O) groups is 1. The third kappa shape index (κ3) is 3.16. The number of esters is 1. The summed E-state index contributed by atoms with van der Waals surface area (Å²) < 4.78 is 8.96. The number of carbonyl (C=O) groups excluding carboxylic acids is 1. The monoisotopic (exact) mass is 305 g/mol. The van der Waals surface area contributed by atoms with Crippen LogP contribution in [0.1, 0.15) is 21.6 Å². The molecule has 3 rings (SSSR count). The van der Waals surface area contributed by atoms with Gasteiger partial charge in [-0.3, -0.25) is 0 Å². The summed E-state index contributed by atoms with van der Waals surface area (Å²) in [6.07, 6.45) is 5.61. The summed E-state index contributed by atoms with van der Waals surface area (Å²) in [7, 11) is 1.78. The summed E-state index contributed by atoms with van der Waals surface area (Å²) in [4.78, 5) is 12.2. The Bertz CT molecular complexity index is 870. The Balaban J connectivity index is 1.71. The molecule has 0 spiro atoms. The Morgan fingerprint density at radius 1 is 1.22 bits per heavy atom. The van der Waals surface area contributed by atoms with E-state index in [-0.39, 0.29) is 12.6 Å². The van der Waals surface area contributed by atoms with Crippen LogP contribution in [0.15, 0.2) is 61.1 Å². The molecule has 2 aromatic heterocycles. The largest absolute Gasteiger partial charge is 0.457 e. The van der Waals surface area contributed by atoms with Crippen LogP contribution in [0.5, 0.6) is 0 Å². The number of hydrogen-bond donors (Lipinski definition) is 0. The quantitative estimate of drug-likeness (QED) is 0.696. The van der Waals surface area contributed by atoms with Gasteiger partial charge in [0, 0.05) is 36.9 Å². The van der Waals surface area contributed by atoms with E-state index in [2.05, 4.69) is 6.07 Å². The van der Waals surface area contributed by atoms with Crippen molar-refractivity contribution < 1.29 is 9.53 Å². The van der Waals surface area contributed by atoms with Gasteiger partial charge in [-0.15, -0.1) is 0 Å². The molecule has 5 nitrogen and oxygen atoms in total. The maximum Gasteiger partial charge on any atom is 0.338 e. The van der Waals surface area contributed by atoms with Crippen LogP contribution in [0.25, 0.3) is 5.69 Å². The van der Waals surface area contributed by atoms with Gasteiger partial charge < -0.3 is 13.9 Å². The summed E-state index contributed by atoms with van der Waals surface area (Å²) in [5.74, 6) is -0.388. The molecular formula is C18H15N3O2. The van der Waals surface area contributed by atoms with Gasteiger partial charge in [-0.25, -0.2) is 4.79 Å². The van der Waals surface area contributed by atoms with Crippen LogP contribution in [0.4, 0.5) is 0 Å². The Hall–Kier alpha value is -3.26. The van der Waals surface area contributed by atoms with E-state index in [1.807, 2.05) is 41.2 Å². The van der Waals surface area contributed by atoms with Crippen LogP contribution >= 0.6 is 0 Å². The van der Waals surface area contributed by atoms with Gasteiger partial charge in [0.15, 0.2) is 0 Å². The highest BCUT2D eigenvalue weighted by Gasteiger charge is 2.10. The summed E-state index contributed by atoms with van der Waals surface area (Å²) in [6.45, 7) is 0.141. The molecule has 0 saturated heterocycles. The van der Waals surface area contributed by atoms with Crippen LogP contribution in [-0.4, -0.2) is 15.1 Å². The van der Waals surface area contributed by atoms with Crippen LogP contribution in [0.3, 0.4) is 0 Å². The van der Waals surface area contributed by atoms with E-state index in [0.29, 0.717) is 11.3 Å². The second kappa shape index (κ2) is 6.24. The number of aryl methyl sites for hydroxylation is 1. The molecule has 0 amide bonds. The Morgan fingerprint density at radius 3 is 2.70 bits per heavy atom. The van der Waals surface area contributed by atoms with Gasteiger partial charge in [0.05, 0.1) is 5.56 Å². The fourth-order valence-electron chi connectivity index (χ4n) is 2.36. The number of hydrogen-bond acceptors (Lipinski definition) is 3. The lowest BCUT2D eigenvalue weighted by Gasteiger charge is -2.07. The first-order valence-corrected chi connectivity index (χ1v) is 7.13. The lowest BCUT2D eigenvalue weighted by molar-refractivity contribution is 0.0472. The predicted octanol–water partition coefficient (Wildman–Crippen LogP) is 3.04. The molecular weight excluding hydrogens is 290 g/mol. The summed E-state index contributed by atoms with van der Waals surface area (Å²) in [5, 5.41) is 8.93. The van der Waals surface area contributed by atoms with Crippen molar-refractivity contribution in [2.45, 2.75) is 6.61 Å². The van der Waals surface area contributed by atoms with Crippen LogP contribution in [-0.2, 0) is 18.4 Å². The normalized spacial score (nSPS) is 10.3. The molecule has 0 aliphatic rings. The van der Waals surface area contributed by atoms with Crippen molar-refractivity contribution in [3.63, 3.8) is 0 Å². The van der Waals surface area contributed by atoms with Crippen LogP contribution in [0, 0.1) is 11.3 Å². The Kier molecular flexibility index (Phi) is 3.98. The molecule has 0 aliphatic heterocycles. The van der Waals surface area contributed by atoms with Crippen molar-refractivity contribution in [2.75, 3.05) is 0 Å². The highest BCUT2D eigenvalue weighted by Crippen LogP contribution is 2.13. The summed E-state index contributed by atoms with van der Waals surface area (Å²) in [6, 6.07) is 14.9. The Labute approximate surface area is 134 Å². The highest BCUT2D eigenvalue weighted by molar-refractivity contribution is 5.90. The number of nitriles is 1. The third-order valence-corrected chi connectivity index (χ3v) is 3.53. The molecule has 0 bridgehead atoms. The van der Waals surface area contributed by atoms with Gasteiger partial charge in [-0.2, -0.15) is 5.26 Å².